The third-order valence-corrected chi connectivity index (χ3v) is 3.53. The third-order valence-electron chi connectivity index (χ3n) is 3.53. The molecule has 1 aliphatic heterocycles. The van der Waals surface area contributed by atoms with Gasteiger partial charge in [0.25, 0.3) is 5.91 Å². The van der Waals surface area contributed by atoms with Crippen molar-refractivity contribution < 1.29 is 9.53 Å². The van der Waals surface area contributed by atoms with Crippen molar-refractivity contribution in [2.45, 2.75) is 0 Å². The predicted molar refractivity (Wildman–Crippen MR) is 77.2 cm³/mol. The van der Waals surface area contributed by atoms with Crippen LogP contribution in [0.1, 0.15) is 10.4 Å². The van der Waals surface area contributed by atoms with Gasteiger partial charge < -0.3 is 4.74 Å². The van der Waals surface area contributed by atoms with E-state index in [1.165, 1.54) is 4.68 Å². The first-order valence-corrected chi connectivity index (χ1v) is 6.53. The fourth-order valence-electron chi connectivity index (χ4n) is 2.47. The average Bonchev–Trinajstić information content (AvgIpc) is 3.08. The van der Waals surface area contributed by atoms with E-state index in [4.69, 9.17) is 4.74 Å². The molecule has 4 rings (SSSR count). The topological polar surface area (TPSA) is 57.0 Å². The number of hydrogen-bond donors (Lipinski definition) is 0. The van der Waals surface area contributed by atoms with Crippen molar-refractivity contribution in [3.8, 4) is 28.5 Å². The van der Waals surface area contributed by atoms with Gasteiger partial charge in [-0.25, -0.2) is 4.98 Å². The number of hydrogen-bond acceptors (Lipinski definition) is 4. The first-order chi connectivity index (χ1) is 10.3. The zero-order valence-corrected chi connectivity index (χ0v) is 11.3. The SMILES string of the molecule is COc1ccc2c(c1)-c1nc(-c3ccccc3)nn1C2=O. The van der Waals surface area contributed by atoms with Gasteiger partial charge in [-0.15, -0.1) is 5.10 Å². The zero-order chi connectivity index (χ0) is 14.4. The largest absolute Gasteiger partial charge is 0.497 e. The molecule has 0 saturated heterocycles. The predicted octanol–water partition coefficient (Wildman–Crippen LogP) is 2.62. The van der Waals surface area contributed by atoms with Crippen LogP contribution in [0, 0.1) is 0 Å². The molecule has 0 radical (unpaired) electrons. The minimum absolute atomic E-state index is 0.155. The molecule has 2 heterocycles. The summed E-state index contributed by atoms with van der Waals surface area (Å²) >= 11 is 0. The van der Waals surface area contributed by atoms with Crippen molar-refractivity contribution in [1.29, 1.82) is 0 Å². The Morgan fingerprint density at radius 2 is 1.86 bits per heavy atom. The van der Waals surface area contributed by atoms with E-state index in [2.05, 4.69) is 10.1 Å². The smallest absolute Gasteiger partial charge is 0.280 e. The Bertz CT molecular complexity index is 853. The first-order valence-electron chi connectivity index (χ1n) is 6.53. The number of carbonyl (C=O) groups is 1. The van der Waals surface area contributed by atoms with E-state index in [0.29, 0.717) is 23.0 Å². The Balaban J connectivity index is 1.89. The first kappa shape index (κ1) is 11.8. The molecule has 1 aliphatic rings. The second-order valence-electron chi connectivity index (χ2n) is 4.75. The highest BCUT2D eigenvalue weighted by Crippen LogP contribution is 2.34. The summed E-state index contributed by atoms with van der Waals surface area (Å²) < 4.78 is 6.57. The molecule has 21 heavy (non-hydrogen) atoms. The minimum Gasteiger partial charge on any atom is -0.497 e. The summed E-state index contributed by atoms with van der Waals surface area (Å²) in [4.78, 5) is 16.9. The molecule has 0 unspecified atom stereocenters. The molecule has 3 aromatic rings. The second kappa shape index (κ2) is 4.28. The number of methoxy groups -OCH3 is 1. The van der Waals surface area contributed by atoms with Gasteiger partial charge in [0.15, 0.2) is 11.6 Å². The van der Waals surface area contributed by atoms with Crippen molar-refractivity contribution >= 4 is 5.91 Å². The van der Waals surface area contributed by atoms with Crippen molar-refractivity contribution in [2.24, 2.45) is 0 Å². The van der Waals surface area contributed by atoms with Crippen LogP contribution >= 0.6 is 0 Å². The minimum atomic E-state index is -0.155. The van der Waals surface area contributed by atoms with E-state index < -0.39 is 0 Å². The van der Waals surface area contributed by atoms with Crippen LogP contribution in [0.3, 0.4) is 0 Å². The van der Waals surface area contributed by atoms with Gasteiger partial charge in [-0.05, 0) is 18.2 Å². The number of benzene rings is 2. The standard InChI is InChI=1S/C16H11N3O2/c1-21-11-7-8-12-13(9-11)15-17-14(18-19(15)16(12)20)10-5-3-2-4-6-10/h2-9H,1H3. The summed E-state index contributed by atoms with van der Waals surface area (Å²) in [6.07, 6.45) is 0. The molecule has 5 nitrogen and oxygen atoms in total. The summed E-state index contributed by atoms with van der Waals surface area (Å²) in [6, 6.07) is 14.9. The van der Waals surface area contributed by atoms with Crippen LogP contribution in [0.5, 0.6) is 5.75 Å². The maximum atomic E-state index is 12.4. The lowest BCUT2D eigenvalue weighted by Crippen LogP contribution is -2.08. The van der Waals surface area contributed by atoms with Crippen molar-refractivity contribution in [3.63, 3.8) is 0 Å². The van der Waals surface area contributed by atoms with Crippen molar-refractivity contribution in [3.05, 3.63) is 54.1 Å². The lowest BCUT2D eigenvalue weighted by Gasteiger charge is -2.01. The van der Waals surface area contributed by atoms with Crippen LogP contribution in [0.15, 0.2) is 48.5 Å². The lowest BCUT2D eigenvalue weighted by atomic mass is 10.1. The molecule has 0 N–H and O–H groups in total. The highest BCUT2D eigenvalue weighted by atomic mass is 16.5. The van der Waals surface area contributed by atoms with Crippen LogP contribution in [-0.2, 0) is 0 Å². The molecular weight excluding hydrogens is 266 g/mol. The second-order valence-corrected chi connectivity index (χ2v) is 4.75. The summed E-state index contributed by atoms with van der Waals surface area (Å²) in [7, 11) is 1.60. The van der Waals surface area contributed by atoms with Gasteiger partial charge in [0.2, 0.25) is 0 Å². The lowest BCUT2D eigenvalue weighted by molar-refractivity contribution is 0.0955. The molecule has 102 valence electrons. The Kier molecular flexibility index (Phi) is 2.41. The van der Waals surface area contributed by atoms with Crippen LogP contribution in [-0.4, -0.2) is 27.8 Å². The summed E-state index contributed by atoms with van der Waals surface area (Å²) in [5.41, 5.74) is 2.25. The maximum Gasteiger partial charge on any atom is 0.280 e. The molecule has 0 saturated carbocycles. The zero-order valence-electron chi connectivity index (χ0n) is 11.3. The van der Waals surface area contributed by atoms with Crippen LogP contribution in [0.2, 0.25) is 0 Å². The van der Waals surface area contributed by atoms with Gasteiger partial charge in [0.1, 0.15) is 5.75 Å². The van der Waals surface area contributed by atoms with Gasteiger partial charge in [0.05, 0.1) is 12.7 Å². The highest BCUT2D eigenvalue weighted by molar-refractivity contribution is 6.07. The van der Waals surface area contributed by atoms with Gasteiger partial charge >= 0.3 is 0 Å². The monoisotopic (exact) mass is 277 g/mol. The molecule has 0 atom stereocenters. The Labute approximate surface area is 120 Å². The molecule has 5 heteroatoms. The summed E-state index contributed by atoms with van der Waals surface area (Å²) in [6.45, 7) is 0. The molecular formula is C16H11N3O2. The molecule has 0 fully saturated rings. The summed E-state index contributed by atoms with van der Waals surface area (Å²) in [5.74, 6) is 1.65. The number of aromatic nitrogens is 3. The van der Waals surface area contributed by atoms with E-state index in [0.717, 1.165) is 11.1 Å². The quantitative estimate of drug-likeness (QED) is 0.565. The van der Waals surface area contributed by atoms with Crippen LogP contribution < -0.4 is 4.74 Å². The molecule has 2 aromatic carbocycles. The normalized spacial score (nSPS) is 12.1. The number of carbonyl (C=O) groups excluding carboxylic acids is 1. The molecule has 0 amide bonds. The number of rotatable bonds is 2. The van der Waals surface area contributed by atoms with Crippen molar-refractivity contribution in [1.82, 2.24) is 14.8 Å². The van der Waals surface area contributed by atoms with E-state index >= 15 is 0 Å². The van der Waals surface area contributed by atoms with Gasteiger partial charge in [-0.3, -0.25) is 4.79 Å². The van der Waals surface area contributed by atoms with E-state index in [-0.39, 0.29) is 5.91 Å². The summed E-state index contributed by atoms with van der Waals surface area (Å²) in [5, 5.41) is 4.33. The Morgan fingerprint density at radius 3 is 2.62 bits per heavy atom. The Hall–Kier alpha value is -2.95. The molecule has 0 bridgehead atoms. The highest BCUT2D eigenvalue weighted by Gasteiger charge is 2.30. The third kappa shape index (κ3) is 1.67. The number of ether oxygens (including phenoxy) is 1. The van der Waals surface area contributed by atoms with E-state index in [9.17, 15) is 4.79 Å². The van der Waals surface area contributed by atoms with Gasteiger partial charge in [-0.2, -0.15) is 4.68 Å². The van der Waals surface area contributed by atoms with Gasteiger partial charge in [0, 0.05) is 11.1 Å². The Morgan fingerprint density at radius 1 is 1.05 bits per heavy atom. The van der Waals surface area contributed by atoms with Crippen LogP contribution in [0.4, 0.5) is 0 Å². The molecule has 0 aliphatic carbocycles. The van der Waals surface area contributed by atoms with E-state index in [1.54, 1.807) is 19.2 Å². The van der Waals surface area contributed by atoms with E-state index in [1.807, 2.05) is 36.4 Å². The molecule has 0 spiro atoms. The fourth-order valence-corrected chi connectivity index (χ4v) is 2.47. The molecule has 1 aromatic heterocycles. The van der Waals surface area contributed by atoms with Crippen molar-refractivity contribution in [2.75, 3.05) is 7.11 Å². The van der Waals surface area contributed by atoms with Crippen LogP contribution in [0.25, 0.3) is 22.8 Å². The van der Waals surface area contributed by atoms with Gasteiger partial charge in [-0.1, -0.05) is 30.3 Å². The number of nitrogens with zero attached hydrogens (tertiary/aromatic N) is 3. The fraction of sp³-hybridized carbons (Fsp3) is 0.0625. The average molecular weight is 277 g/mol. The number of fused-ring (bicyclic) bond motifs is 3. The maximum absolute atomic E-state index is 12.4.